The third kappa shape index (κ3) is 2.81. The zero-order valence-electron chi connectivity index (χ0n) is 12.3. The molecule has 3 nitrogen and oxygen atoms in total. The number of aryl methyl sites for hydroxylation is 2. The van der Waals surface area contributed by atoms with Crippen molar-refractivity contribution in [1.29, 1.82) is 0 Å². The van der Waals surface area contributed by atoms with Crippen LogP contribution in [0.5, 0.6) is 0 Å². The summed E-state index contributed by atoms with van der Waals surface area (Å²) >= 11 is 1.64. The van der Waals surface area contributed by atoms with E-state index in [0.717, 1.165) is 23.5 Å². The van der Waals surface area contributed by atoms with Crippen molar-refractivity contribution in [2.75, 3.05) is 14.1 Å². The van der Waals surface area contributed by atoms with Crippen molar-refractivity contribution >= 4 is 17.1 Å². The molecule has 0 aliphatic carbocycles. The van der Waals surface area contributed by atoms with Gasteiger partial charge in [-0.2, -0.15) is 0 Å². The Morgan fingerprint density at radius 1 is 1.28 bits per heavy atom. The van der Waals surface area contributed by atoms with E-state index in [1.807, 2.05) is 21.0 Å². The first-order chi connectivity index (χ1) is 8.37. The molecule has 0 N–H and O–H groups in total. The number of Topliss-reactive ketones (excluding diaryl/α,β-unsaturated/α-hetero) is 1. The molecule has 0 aliphatic heterocycles. The Morgan fingerprint density at radius 3 is 2.17 bits per heavy atom. The first-order valence-corrected chi connectivity index (χ1v) is 7.32. The molecule has 0 unspecified atom stereocenters. The van der Waals surface area contributed by atoms with Crippen LogP contribution in [0.2, 0.25) is 0 Å². The predicted octanol–water partition coefficient (Wildman–Crippen LogP) is 2.99. The molecular formula is C14H24N2OS. The maximum atomic E-state index is 12.6. The highest BCUT2D eigenvalue weighted by molar-refractivity contribution is 7.11. The lowest BCUT2D eigenvalue weighted by atomic mass is 9.85. The minimum absolute atomic E-state index is 0.284. The number of thiazole rings is 1. The van der Waals surface area contributed by atoms with Crippen molar-refractivity contribution in [3.63, 3.8) is 0 Å². The number of carbonyl (C=O) groups excluding carboxylic acids is 1. The number of hydrogen-bond donors (Lipinski definition) is 0. The fourth-order valence-electron chi connectivity index (χ4n) is 2.44. The highest BCUT2D eigenvalue weighted by Gasteiger charge is 2.36. The molecule has 1 aromatic heterocycles. The van der Waals surface area contributed by atoms with Gasteiger partial charge in [0.05, 0.1) is 17.7 Å². The monoisotopic (exact) mass is 268 g/mol. The molecule has 0 amide bonds. The molecule has 0 atom stereocenters. The van der Waals surface area contributed by atoms with Crippen LogP contribution in [0.1, 0.15) is 42.3 Å². The number of likely N-dealkylation sites (N-methyl/N-ethyl adjacent to an activating group) is 1. The fraction of sp³-hybridized carbons (Fsp3) is 0.714. The Balaban J connectivity index is 2.92. The molecule has 0 spiro atoms. The Kier molecular flexibility index (Phi) is 5.05. The molecule has 0 saturated carbocycles. The minimum Gasteiger partial charge on any atom is -0.297 e. The Hall–Kier alpha value is -0.740. The second-order valence-corrected chi connectivity index (χ2v) is 6.27. The average Bonchev–Trinajstić information content (AvgIpc) is 2.59. The number of carbonyl (C=O) groups is 1. The summed E-state index contributed by atoms with van der Waals surface area (Å²) in [5.74, 6) is 0.284. The van der Waals surface area contributed by atoms with E-state index in [2.05, 4.69) is 30.7 Å². The first-order valence-electron chi connectivity index (χ1n) is 6.51. The van der Waals surface area contributed by atoms with E-state index in [1.165, 1.54) is 4.88 Å². The van der Waals surface area contributed by atoms with E-state index in [4.69, 9.17) is 0 Å². The summed E-state index contributed by atoms with van der Waals surface area (Å²) in [6.07, 6.45) is 2.15. The summed E-state index contributed by atoms with van der Waals surface area (Å²) in [5, 5.41) is 0.947. The van der Waals surface area contributed by atoms with Gasteiger partial charge in [0.1, 0.15) is 5.01 Å². The standard InChI is InChI=1S/C14H24N2OS/c1-7-14(8-2,16(5)6)12(17)9-13-15-10(3)11(4)18-13/h7-9H2,1-6H3. The van der Waals surface area contributed by atoms with Gasteiger partial charge < -0.3 is 0 Å². The summed E-state index contributed by atoms with van der Waals surface area (Å²) in [4.78, 5) is 20.3. The number of ketones is 1. The van der Waals surface area contributed by atoms with Crippen LogP contribution in [0, 0.1) is 13.8 Å². The molecule has 0 bridgehead atoms. The normalized spacial score (nSPS) is 12.2. The highest BCUT2D eigenvalue weighted by Crippen LogP contribution is 2.26. The van der Waals surface area contributed by atoms with E-state index in [0.29, 0.717) is 6.42 Å². The lowest BCUT2D eigenvalue weighted by Crippen LogP contribution is -2.50. The smallest absolute Gasteiger partial charge is 0.159 e. The first kappa shape index (κ1) is 15.3. The number of aromatic nitrogens is 1. The Bertz CT molecular complexity index is 400. The zero-order valence-corrected chi connectivity index (χ0v) is 13.1. The van der Waals surface area contributed by atoms with E-state index < -0.39 is 0 Å². The van der Waals surface area contributed by atoms with Crippen LogP contribution < -0.4 is 0 Å². The number of nitrogens with zero attached hydrogens (tertiary/aromatic N) is 2. The van der Waals surface area contributed by atoms with Crippen LogP contribution in [0.25, 0.3) is 0 Å². The van der Waals surface area contributed by atoms with Gasteiger partial charge in [-0.3, -0.25) is 9.69 Å². The van der Waals surface area contributed by atoms with Crippen molar-refractivity contribution in [2.45, 2.75) is 52.5 Å². The third-order valence-electron chi connectivity index (χ3n) is 3.93. The lowest BCUT2D eigenvalue weighted by molar-refractivity contribution is -0.129. The molecule has 102 valence electrons. The maximum absolute atomic E-state index is 12.6. The van der Waals surface area contributed by atoms with Crippen LogP contribution in [-0.4, -0.2) is 35.3 Å². The second kappa shape index (κ2) is 5.93. The zero-order chi connectivity index (χ0) is 13.9. The van der Waals surface area contributed by atoms with Gasteiger partial charge in [-0.05, 0) is 40.8 Å². The van der Waals surface area contributed by atoms with Crippen LogP contribution in [0.4, 0.5) is 0 Å². The fourth-order valence-corrected chi connectivity index (χ4v) is 3.38. The van der Waals surface area contributed by atoms with Crippen molar-refractivity contribution in [3.8, 4) is 0 Å². The van der Waals surface area contributed by atoms with Crippen molar-refractivity contribution in [3.05, 3.63) is 15.6 Å². The molecule has 0 aliphatic rings. The quantitative estimate of drug-likeness (QED) is 0.795. The molecule has 1 aromatic rings. The van der Waals surface area contributed by atoms with Gasteiger partial charge in [-0.1, -0.05) is 13.8 Å². The molecule has 4 heteroatoms. The van der Waals surface area contributed by atoms with Gasteiger partial charge in [0, 0.05) is 4.88 Å². The topological polar surface area (TPSA) is 33.2 Å². The van der Waals surface area contributed by atoms with Gasteiger partial charge in [-0.25, -0.2) is 4.98 Å². The number of rotatable bonds is 6. The van der Waals surface area contributed by atoms with Crippen molar-refractivity contribution in [1.82, 2.24) is 9.88 Å². The largest absolute Gasteiger partial charge is 0.297 e. The van der Waals surface area contributed by atoms with Gasteiger partial charge in [0.2, 0.25) is 0 Å². The number of hydrogen-bond acceptors (Lipinski definition) is 4. The van der Waals surface area contributed by atoms with E-state index in [-0.39, 0.29) is 11.3 Å². The maximum Gasteiger partial charge on any atom is 0.159 e. The van der Waals surface area contributed by atoms with Crippen LogP contribution >= 0.6 is 11.3 Å². The molecular weight excluding hydrogens is 244 g/mol. The summed E-state index contributed by atoms with van der Waals surface area (Å²) < 4.78 is 0. The summed E-state index contributed by atoms with van der Waals surface area (Å²) in [5.41, 5.74) is 0.708. The van der Waals surface area contributed by atoms with E-state index >= 15 is 0 Å². The molecule has 18 heavy (non-hydrogen) atoms. The van der Waals surface area contributed by atoms with Crippen LogP contribution in [-0.2, 0) is 11.2 Å². The predicted molar refractivity (Wildman–Crippen MR) is 77.3 cm³/mol. The Labute approximate surface area is 114 Å². The lowest BCUT2D eigenvalue weighted by Gasteiger charge is -2.36. The van der Waals surface area contributed by atoms with Gasteiger partial charge in [-0.15, -0.1) is 11.3 Å². The SMILES string of the molecule is CCC(CC)(C(=O)Cc1nc(C)c(C)s1)N(C)C. The summed E-state index contributed by atoms with van der Waals surface area (Å²) in [6, 6.07) is 0. The van der Waals surface area contributed by atoms with E-state index in [9.17, 15) is 4.79 Å². The van der Waals surface area contributed by atoms with Gasteiger partial charge in [0.15, 0.2) is 5.78 Å². The van der Waals surface area contributed by atoms with E-state index in [1.54, 1.807) is 11.3 Å². The minimum atomic E-state index is -0.340. The third-order valence-corrected chi connectivity index (χ3v) is 5.00. The Morgan fingerprint density at radius 2 is 1.83 bits per heavy atom. The van der Waals surface area contributed by atoms with Crippen molar-refractivity contribution < 1.29 is 4.79 Å². The molecule has 0 saturated heterocycles. The molecule has 1 heterocycles. The summed E-state index contributed by atoms with van der Waals surface area (Å²) in [7, 11) is 3.98. The van der Waals surface area contributed by atoms with Gasteiger partial charge in [0.25, 0.3) is 0 Å². The van der Waals surface area contributed by atoms with Gasteiger partial charge >= 0.3 is 0 Å². The summed E-state index contributed by atoms with van der Waals surface area (Å²) in [6.45, 7) is 8.22. The second-order valence-electron chi connectivity index (χ2n) is 4.98. The van der Waals surface area contributed by atoms with Crippen molar-refractivity contribution in [2.24, 2.45) is 0 Å². The molecule has 0 fully saturated rings. The highest BCUT2D eigenvalue weighted by atomic mass is 32.1. The average molecular weight is 268 g/mol. The molecule has 0 radical (unpaired) electrons. The van der Waals surface area contributed by atoms with Crippen LogP contribution in [0.15, 0.2) is 0 Å². The molecule has 0 aromatic carbocycles. The van der Waals surface area contributed by atoms with Crippen LogP contribution in [0.3, 0.4) is 0 Å². The molecule has 1 rings (SSSR count).